The third-order valence-electron chi connectivity index (χ3n) is 7.56. The molecule has 0 unspecified atom stereocenters. The number of hydrogen-bond acceptors (Lipinski definition) is 16. The number of aliphatic hydroxyl groups excluding tert-OH is 1. The van der Waals surface area contributed by atoms with Crippen LogP contribution in [0.1, 0.15) is 42.8 Å². The number of carbonyl (C=O) groups excluding carboxylic acids is 1. The molecule has 0 atom stereocenters. The summed E-state index contributed by atoms with van der Waals surface area (Å²) in [5, 5.41) is 42.4. The second kappa shape index (κ2) is 23.3. The van der Waals surface area contributed by atoms with Crippen molar-refractivity contribution in [2.24, 2.45) is 5.73 Å². The third-order valence-corrected chi connectivity index (χ3v) is 7.56. The van der Waals surface area contributed by atoms with Gasteiger partial charge in [0.15, 0.2) is 17.4 Å². The van der Waals surface area contributed by atoms with E-state index in [2.05, 4.69) is 30.4 Å². The van der Waals surface area contributed by atoms with Crippen LogP contribution in [-0.2, 0) is 4.74 Å². The number of H-pyrrole nitrogens is 2. The Labute approximate surface area is 329 Å². The summed E-state index contributed by atoms with van der Waals surface area (Å²) in [5.74, 6) is 2.27. The molecule has 7 N–H and O–H groups in total. The summed E-state index contributed by atoms with van der Waals surface area (Å²) in [6.45, 7) is 9.57. The van der Waals surface area contributed by atoms with Gasteiger partial charge in [-0.15, -0.1) is 0 Å². The maximum Gasteiger partial charge on any atom is 0.311 e. The number of anilines is 1. The molecular formula is C36H51N11O10. The minimum Gasteiger partial charge on any atom is -0.494 e. The van der Waals surface area contributed by atoms with Crippen LogP contribution >= 0.6 is 0 Å². The van der Waals surface area contributed by atoms with Crippen LogP contribution in [0.2, 0.25) is 0 Å². The van der Waals surface area contributed by atoms with E-state index in [1.807, 2.05) is 51.9 Å². The number of nitrogen functional groups attached to an aromatic ring is 1. The van der Waals surface area contributed by atoms with Crippen molar-refractivity contribution in [2.45, 2.75) is 40.3 Å². The first-order chi connectivity index (χ1) is 26.8. The second-order valence-electron chi connectivity index (χ2n) is 11.9. The molecular weight excluding hydrogens is 746 g/mol. The van der Waals surface area contributed by atoms with E-state index >= 15 is 0 Å². The molecule has 0 bridgehead atoms. The number of ether oxygens (including phenoxy) is 4. The molecule has 5 aromatic rings. The molecule has 21 nitrogen and oxygen atoms in total. The molecule has 0 aliphatic rings. The molecule has 0 aliphatic heterocycles. The van der Waals surface area contributed by atoms with Gasteiger partial charge in [-0.25, -0.2) is 9.97 Å². The van der Waals surface area contributed by atoms with Crippen LogP contribution < -0.4 is 25.7 Å². The summed E-state index contributed by atoms with van der Waals surface area (Å²) in [6, 6.07) is 14.1. The largest absolute Gasteiger partial charge is 0.494 e. The molecule has 2 heterocycles. The molecule has 0 spiro atoms. The molecule has 0 fully saturated rings. The van der Waals surface area contributed by atoms with Gasteiger partial charge in [0.2, 0.25) is 11.5 Å². The molecule has 310 valence electrons. The van der Waals surface area contributed by atoms with Crippen LogP contribution in [0.25, 0.3) is 22.8 Å². The van der Waals surface area contributed by atoms with Crippen molar-refractivity contribution in [2.75, 3.05) is 54.9 Å². The van der Waals surface area contributed by atoms with Crippen molar-refractivity contribution in [3.63, 3.8) is 0 Å². The average Bonchev–Trinajstić information content (AvgIpc) is 3.82. The number of rotatable bonds is 10. The van der Waals surface area contributed by atoms with Crippen LogP contribution in [0.4, 0.5) is 17.1 Å². The van der Waals surface area contributed by atoms with Gasteiger partial charge in [0, 0.05) is 25.8 Å². The molecule has 57 heavy (non-hydrogen) atoms. The third kappa shape index (κ3) is 14.1. The number of aromatic amines is 2. The zero-order chi connectivity index (χ0) is 43.5. The summed E-state index contributed by atoms with van der Waals surface area (Å²) in [4.78, 5) is 41.5. The lowest BCUT2D eigenvalue weighted by Crippen LogP contribution is -2.39. The fourth-order valence-electron chi connectivity index (χ4n) is 4.20. The fourth-order valence-corrected chi connectivity index (χ4v) is 4.20. The zero-order valence-corrected chi connectivity index (χ0v) is 33.8. The molecule has 0 saturated heterocycles. The molecule has 0 radical (unpaired) electrons. The Balaban J connectivity index is 0.000000381. The van der Waals surface area contributed by atoms with Crippen LogP contribution in [0, 0.1) is 34.1 Å². The van der Waals surface area contributed by atoms with Crippen molar-refractivity contribution in [3.05, 3.63) is 92.0 Å². The molecule has 5 rings (SSSR count). The molecule has 3 aromatic carbocycles. The highest BCUT2D eigenvalue weighted by atomic mass is 16.6. The Bertz CT molecular complexity index is 2020. The number of methoxy groups -OCH3 is 4. The van der Waals surface area contributed by atoms with Gasteiger partial charge in [0.05, 0.1) is 53.6 Å². The number of nitro groups is 2. The summed E-state index contributed by atoms with van der Waals surface area (Å²) in [6.07, 6.45) is 0. The van der Waals surface area contributed by atoms with Gasteiger partial charge in [-0.1, -0.05) is 18.2 Å². The monoisotopic (exact) mass is 797 g/mol. The Hall–Kier alpha value is -6.71. The van der Waals surface area contributed by atoms with Crippen molar-refractivity contribution < 1.29 is 38.7 Å². The smallest absolute Gasteiger partial charge is 0.311 e. The predicted molar refractivity (Wildman–Crippen MR) is 213 cm³/mol. The first-order valence-corrected chi connectivity index (χ1v) is 16.8. The van der Waals surface area contributed by atoms with E-state index in [0.29, 0.717) is 34.5 Å². The summed E-state index contributed by atoms with van der Waals surface area (Å²) in [7, 11) is 9.89. The minimum absolute atomic E-state index is 0.00157. The van der Waals surface area contributed by atoms with Gasteiger partial charge in [0.1, 0.15) is 17.4 Å². The molecule has 0 aliphatic carbocycles. The standard InChI is InChI=1S/C10H10N4O3.C10H12N4O.C8H8N2O4.C6H15NO.C2H6O/c1-6-11-10(13-12-6)7-4-3-5-8(14(15)16)9(7)17-2;1-6-12-10(14-13-6)7-4-3-5-8(11)9(7)15-2;1-14-7-5(8(9)11)3-2-4-6(7)10(12)13;1-6(2,8-5)7(3)4;1-2-3/h3-5H,1-2H3,(H,11,12,13);3-5H,11H2,1-2H3,(H,12,13,14);2-4H,1H3,(H2,9,11);1-5H3;3H,2H2,1H3. The van der Waals surface area contributed by atoms with E-state index in [4.69, 9.17) is 35.5 Å². The SMILES string of the molecule is CCO.COC(C)(C)N(C)C.COc1c(-c2n[nH]c(C)n2)cccc1[N+](=O)[O-].COc1c(C(N)=O)cccc1[N+](=O)[O-].COc1c(N)cccc1-c1n[nH]c(C)n1. The molecule has 0 saturated carbocycles. The number of hydrogen-bond donors (Lipinski definition) is 5. The van der Waals surface area contributed by atoms with Gasteiger partial charge in [-0.2, -0.15) is 10.2 Å². The summed E-state index contributed by atoms with van der Waals surface area (Å²) >= 11 is 0. The number of aryl methyl sites for hydroxylation is 2. The second-order valence-corrected chi connectivity index (χ2v) is 11.9. The Morgan fingerprint density at radius 1 is 0.789 bits per heavy atom. The van der Waals surface area contributed by atoms with Crippen molar-refractivity contribution in [1.29, 1.82) is 0 Å². The van der Waals surface area contributed by atoms with Gasteiger partial charge in [0.25, 0.3) is 5.91 Å². The fraction of sp³-hybridized carbons (Fsp3) is 0.361. The van der Waals surface area contributed by atoms with E-state index < -0.39 is 15.8 Å². The maximum absolute atomic E-state index is 10.9. The number of aromatic nitrogens is 6. The van der Waals surface area contributed by atoms with E-state index in [9.17, 15) is 25.0 Å². The van der Waals surface area contributed by atoms with Crippen molar-refractivity contribution >= 4 is 23.0 Å². The van der Waals surface area contributed by atoms with Gasteiger partial charge < -0.3 is 35.5 Å². The minimum atomic E-state index is -0.759. The Morgan fingerprint density at radius 2 is 1.19 bits per heavy atom. The number of nitro benzene ring substituents is 2. The molecule has 21 heteroatoms. The predicted octanol–water partition coefficient (Wildman–Crippen LogP) is 4.70. The highest BCUT2D eigenvalue weighted by Crippen LogP contribution is 2.36. The van der Waals surface area contributed by atoms with E-state index in [0.717, 1.165) is 11.4 Å². The van der Waals surface area contributed by atoms with Crippen LogP contribution in [-0.4, -0.2) is 111 Å². The number of para-hydroxylation sites is 3. The Morgan fingerprint density at radius 3 is 1.53 bits per heavy atom. The van der Waals surface area contributed by atoms with Gasteiger partial charge in [-0.05, 0) is 73.0 Å². The number of amides is 1. The van der Waals surface area contributed by atoms with Crippen LogP contribution in [0.3, 0.4) is 0 Å². The maximum atomic E-state index is 10.9. The number of primary amides is 1. The topological polar surface area (TPSA) is 299 Å². The number of nitrogens with zero attached hydrogens (tertiary/aromatic N) is 7. The quantitative estimate of drug-likeness (QED) is 0.0553. The van der Waals surface area contributed by atoms with Gasteiger partial charge >= 0.3 is 11.4 Å². The lowest BCUT2D eigenvalue weighted by Gasteiger charge is -2.30. The normalized spacial score (nSPS) is 10.2. The number of carbonyl (C=O) groups is 1. The first-order valence-electron chi connectivity index (χ1n) is 16.8. The lowest BCUT2D eigenvalue weighted by atomic mass is 10.1. The lowest BCUT2D eigenvalue weighted by molar-refractivity contribution is -0.385. The number of aliphatic hydroxyl groups is 1. The van der Waals surface area contributed by atoms with E-state index in [-0.39, 0.29) is 40.8 Å². The van der Waals surface area contributed by atoms with Crippen molar-refractivity contribution in [3.8, 4) is 40.0 Å². The summed E-state index contributed by atoms with van der Waals surface area (Å²) < 4.78 is 20.2. The van der Waals surface area contributed by atoms with Crippen LogP contribution in [0.5, 0.6) is 17.2 Å². The number of nitrogens with one attached hydrogen (secondary N) is 2. The van der Waals surface area contributed by atoms with Crippen molar-refractivity contribution in [1.82, 2.24) is 35.3 Å². The molecule has 1 amide bonds. The summed E-state index contributed by atoms with van der Waals surface area (Å²) in [5.41, 5.74) is 12.2. The van der Waals surface area contributed by atoms with E-state index in [1.54, 1.807) is 46.3 Å². The number of benzene rings is 3. The zero-order valence-electron chi connectivity index (χ0n) is 33.8. The highest BCUT2D eigenvalue weighted by Gasteiger charge is 2.22. The molecule has 2 aromatic heterocycles. The average molecular weight is 798 g/mol. The Kier molecular flexibility index (Phi) is 19.7. The number of nitrogens with two attached hydrogens (primary N) is 2. The van der Waals surface area contributed by atoms with Crippen LogP contribution in [0.15, 0.2) is 54.6 Å². The first kappa shape index (κ1) is 48.3. The van der Waals surface area contributed by atoms with E-state index in [1.165, 1.54) is 38.5 Å². The van der Waals surface area contributed by atoms with Gasteiger partial charge in [-0.3, -0.25) is 40.1 Å². The highest BCUT2D eigenvalue weighted by molar-refractivity contribution is 5.97.